The molecule has 1 aromatic carbocycles. The van der Waals surface area contributed by atoms with E-state index in [2.05, 4.69) is 36.4 Å². The minimum Gasteiger partial charge on any atom is -0.352 e. The molecule has 0 fully saturated rings. The van der Waals surface area contributed by atoms with Crippen LogP contribution >= 0.6 is 27.5 Å². The second kappa shape index (κ2) is 6.68. The number of halogens is 2. The number of aromatic nitrogens is 3. The standard InChI is InChI=1S/C12H12BrClN4O/c13-9-6-8(3-4-10(9)14)12(19)15-5-1-2-11-16-7-17-18-11/h3-4,6-7H,1-2,5H2,(H,15,19)(H,16,17,18). The van der Waals surface area contributed by atoms with Crippen LogP contribution in [0.1, 0.15) is 22.6 Å². The monoisotopic (exact) mass is 342 g/mol. The molecule has 0 atom stereocenters. The molecule has 7 heteroatoms. The van der Waals surface area contributed by atoms with E-state index < -0.39 is 0 Å². The Kier molecular flexibility index (Phi) is 4.93. The first kappa shape index (κ1) is 14.0. The van der Waals surface area contributed by atoms with Gasteiger partial charge in [-0.25, -0.2) is 4.98 Å². The van der Waals surface area contributed by atoms with E-state index in [1.54, 1.807) is 18.2 Å². The van der Waals surface area contributed by atoms with Crippen LogP contribution < -0.4 is 5.32 Å². The van der Waals surface area contributed by atoms with Crippen molar-refractivity contribution >= 4 is 33.4 Å². The van der Waals surface area contributed by atoms with Gasteiger partial charge < -0.3 is 5.32 Å². The van der Waals surface area contributed by atoms with Gasteiger partial charge in [0.15, 0.2) is 0 Å². The summed E-state index contributed by atoms with van der Waals surface area (Å²) in [6, 6.07) is 5.09. The van der Waals surface area contributed by atoms with Gasteiger partial charge in [-0.3, -0.25) is 9.89 Å². The van der Waals surface area contributed by atoms with E-state index in [1.165, 1.54) is 6.33 Å². The largest absolute Gasteiger partial charge is 0.352 e. The summed E-state index contributed by atoms with van der Waals surface area (Å²) in [6.07, 6.45) is 3.03. The zero-order chi connectivity index (χ0) is 13.7. The summed E-state index contributed by atoms with van der Waals surface area (Å²) in [7, 11) is 0. The molecule has 0 aliphatic heterocycles. The van der Waals surface area contributed by atoms with Crippen LogP contribution in [0.3, 0.4) is 0 Å². The highest BCUT2D eigenvalue weighted by molar-refractivity contribution is 9.10. The van der Waals surface area contributed by atoms with Crippen molar-refractivity contribution in [2.24, 2.45) is 0 Å². The molecule has 0 unspecified atom stereocenters. The fraction of sp³-hybridized carbons (Fsp3) is 0.250. The van der Waals surface area contributed by atoms with Gasteiger partial charge in [0.05, 0.1) is 5.02 Å². The normalized spacial score (nSPS) is 10.4. The van der Waals surface area contributed by atoms with Crippen molar-refractivity contribution in [2.45, 2.75) is 12.8 Å². The topological polar surface area (TPSA) is 70.7 Å². The van der Waals surface area contributed by atoms with Crippen molar-refractivity contribution in [3.63, 3.8) is 0 Å². The first-order chi connectivity index (χ1) is 9.16. The van der Waals surface area contributed by atoms with E-state index in [9.17, 15) is 4.79 Å². The molecule has 0 saturated carbocycles. The molecule has 1 amide bonds. The average molecular weight is 344 g/mol. The Labute approximate surface area is 123 Å². The quantitative estimate of drug-likeness (QED) is 0.820. The highest BCUT2D eigenvalue weighted by atomic mass is 79.9. The molecule has 19 heavy (non-hydrogen) atoms. The Morgan fingerprint density at radius 2 is 2.32 bits per heavy atom. The van der Waals surface area contributed by atoms with Crippen LogP contribution in [0.5, 0.6) is 0 Å². The lowest BCUT2D eigenvalue weighted by molar-refractivity contribution is 0.0953. The molecule has 0 radical (unpaired) electrons. The number of H-pyrrole nitrogens is 1. The van der Waals surface area contributed by atoms with Crippen LogP contribution in [0.25, 0.3) is 0 Å². The summed E-state index contributed by atoms with van der Waals surface area (Å²) in [5.74, 6) is 0.707. The lowest BCUT2D eigenvalue weighted by Crippen LogP contribution is -2.24. The van der Waals surface area contributed by atoms with Gasteiger partial charge in [-0.05, 0) is 40.5 Å². The van der Waals surface area contributed by atoms with Crippen LogP contribution in [0.2, 0.25) is 5.02 Å². The summed E-state index contributed by atoms with van der Waals surface area (Å²) < 4.78 is 0.712. The molecule has 1 aromatic heterocycles. The minimum atomic E-state index is -0.116. The smallest absolute Gasteiger partial charge is 0.251 e. The number of carbonyl (C=O) groups is 1. The lowest BCUT2D eigenvalue weighted by Gasteiger charge is -2.05. The van der Waals surface area contributed by atoms with E-state index in [0.29, 0.717) is 21.6 Å². The summed E-state index contributed by atoms with van der Waals surface area (Å²) in [6.45, 7) is 0.583. The fourth-order valence-corrected chi connectivity index (χ4v) is 2.04. The maximum Gasteiger partial charge on any atom is 0.251 e. The molecule has 100 valence electrons. The SMILES string of the molecule is O=C(NCCCc1ncn[nH]1)c1ccc(Cl)c(Br)c1. The molecule has 1 heterocycles. The van der Waals surface area contributed by atoms with Crippen molar-refractivity contribution < 1.29 is 4.79 Å². The third-order valence-electron chi connectivity index (χ3n) is 2.52. The summed E-state index contributed by atoms with van der Waals surface area (Å²) in [5.41, 5.74) is 0.580. The number of benzene rings is 1. The van der Waals surface area contributed by atoms with Crippen molar-refractivity contribution in [3.05, 3.63) is 45.4 Å². The van der Waals surface area contributed by atoms with Gasteiger partial charge in [0.2, 0.25) is 0 Å². The highest BCUT2D eigenvalue weighted by Crippen LogP contribution is 2.23. The number of hydrogen-bond acceptors (Lipinski definition) is 3. The summed E-state index contributed by atoms with van der Waals surface area (Å²) in [5, 5.41) is 9.96. The minimum absolute atomic E-state index is 0.116. The first-order valence-electron chi connectivity index (χ1n) is 5.74. The zero-order valence-electron chi connectivity index (χ0n) is 9.99. The van der Waals surface area contributed by atoms with E-state index in [0.717, 1.165) is 18.7 Å². The Morgan fingerprint density at radius 1 is 1.47 bits per heavy atom. The Balaban J connectivity index is 1.79. The fourth-order valence-electron chi connectivity index (χ4n) is 1.55. The van der Waals surface area contributed by atoms with Crippen LogP contribution in [0, 0.1) is 0 Å². The molecule has 5 nitrogen and oxygen atoms in total. The number of nitrogens with zero attached hydrogens (tertiary/aromatic N) is 2. The van der Waals surface area contributed by atoms with Crippen molar-refractivity contribution in [3.8, 4) is 0 Å². The Morgan fingerprint density at radius 3 is 3.00 bits per heavy atom. The molecule has 0 saturated heterocycles. The van der Waals surface area contributed by atoms with Gasteiger partial charge in [-0.1, -0.05) is 11.6 Å². The molecule has 0 bridgehead atoms. The number of hydrogen-bond donors (Lipinski definition) is 2. The predicted octanol–water partition coefficient (Wildman–Crippen LogP) is 2.58. The van der Waals surface area contributed by atoms with Gasteiger partial charge in [0, 0.05) is 23.0 Å². The third-order valence-corrected chi connectivity index (χ3v) is 3.74. The first-order valence-corrected chi connectivity index (χ1v) is 6.91. The number of aromatic amines is 1. The maximum absolute atomic E-state index is 11.9. The van der Waals surface area contributed by atoms with E-state index in [1.807, 2.05) is 0 Å². The number of nitrogens with one attached hydrogen (secondary N) is 2. The molecule has 0 aliphatic rings. The Hall–Kier alpha value is -1.40. The summed E-state index contributed by atoms with van der Waals surface area (Å²) in [4.78, 5) is 15.9. The molecule has 2 N–H and O–H groups in total. The van der Waals surface area contributed by atoms with Crippen molar-refractivity contribution in [1.82, 2.24) is 20.5 Å². The number of rotatable bonds is 5. The van der Waals surface area contributed by atoms with Crippen LogP contribution in [-0.4, -0.2) is 27.6 Å². The molecular formula is C12H12BrClN4O. The van der Waals surface area contributed by atoms with Crippen LogP contribution in [0.15, 0.2) is 29.0 Å². The van der Waals surface area contributed by atoms with Crippen molar-refractivity contribution in [2.75, 3.05) is 6.54 Å². The van der Waals surface area contributed by atoms with Gasteiger partial charge in [-0.2, -0.15) is 5.10 Å². The van der Waals surface area contributed by atoms with Crippen LogP contribution in [0.4, 0.5) is 0 Å². The number of aryl methyl sites for hydroxylation is 1. The molecular weight excluding hydrogens is 332 g/mol. The van der Waals surface area contributed by atoms with Gasteiger partial charge in [-0.15, -0.1) is 0 Å². The van der Waals surface area contributed by atoms with Crippen LogP contribution in [-0.2, 0) is 6.42 Å². The van der Waals surface area contributed by atoms with E-state index in [-0.39, 0.29) is 5.91 Å². The Bertz CT molecular complexity index is 559. The maximum atomic E-state index is 11.9. The molecule has 0 spiro atoms. The van der Waals surface area contributed by atoms with Gasteiger partial charge in [0.1, 0.15) is 12.2 Å². The average Bonchev–Trinajstić information content (AvgIpc) is 2.91. The summed E-state index contributed by atoms with van der Waals surface area (Å²) >= 11 is 9.17. The van der Waals surface area contributed by atoms with Gasteiger partial charge in [0.25, 0.3) is 5.91 Å². The van der Waals surface area contributed by atoms with E-state index >= 15 is 0 Å². The number of carbonyl (C=O) groups excluding carboxylic acids is 1. The molecule has 2 aromatic rings. The predicted molar refractivity (Wildman–Crippen MR) is 76.2 cm³/mol. The van der Waals surface area contributed by atoms with E-state index in [4.69, 9.17) is 11.6 Å². The third kappa shape index (κ3) is 4.04. The van der Waals surface area contributed by atoms with Crippen molar-refractivity contribution in [1.29, 1.82) is 0 Å². The second-order valence-electron chi connectivity index (χ2n) is 3.92. The highest BCUT2D eigenvalue weighted by Gasteiger charge is 2.07. The second-order valence-corrected chi connectivity index (χ2v) is 5.18. The molecule has 0 aliphatic carbocycles. The molecule has 2 rings (SSSR count). The lowest BCUT2D eigenvalue weighted by atomic mass is 10.2. The van der Waals surface area contributed by atoms with Gasteiger partial charge >= 0.3 is 0 Å². The zero-order valence-corrected chi connectivity index (χ0v) is 12.3. The number of amides is 1.